The maximum Gasteiger partial charge on any atom is 0.00772 e. The van der Waals surface area contributed by atoms with Gasteiger partial charge in [-0.25, -0.2) is 0 Å². The van der Waals surface area contributed by atoms with Crippen LogP contribution in [0.2, 0.25) is 0 Å². The van der Waals surface area contributed by atoms with Gasteiger partial charge < -0.3 is 43.0 Å². The molecule has 0 aromatic heterocycles. The number of likely N-dealkylation sites (N-methyl/N-ethyl adjacent to an activating group) is 1. The normalized spacial score (nSPS) is 11.2. The fourth-order valence-electron chi connectivity index (χ4n) is 1.95. The number of hydrogen-bond acceptors (Lipinski definition) is 8. The average molecular weight is 333 g/mol. The second-order valence-electron chi connectivity index (χ2n) is 5.39. The zero-order valence-electron chi connectivity index (χ0n) is 15.0. The van der Waals surface area contributed by atoms with Crippen molar-refractivity contribution < 1.29 is 0 Å². The summed E-state index contributed by atoms with van der Waals surface area (Å²) in [5.41, 5.74) is 5.40. The first kappa shape index (κ1) is 22.7. The molecular formula is C15H40N8. The molecule has 0 heterocycles. The van der Waals surface area contributed by atoms with E-state index in [1.807, 2.05) is 7.05 Å². The molecule has 0 fully saturated rings. The van der Waals surface area contributed by atoms with Crippen LogP contribution in [0.4, 0.5) is 0 Å². The van der Waals surface area contributed by atoms with Crippen LogP contribution < -0.4 is 43.0 Å². The Hall–Kier alpha value is -0.320. The Balaban J connectivity index is 2.92. The van der Waals surface area contributed by atoms with Gasteiger partial charge in [-0.15, -0.1) is 0 Å². The lowest BCUT2D eigenvalue weighted by molar-refractivity contribution is 0.551. The van der Waals surface area contributed by atoms with E-state index in [1.54, 1.807) is 0 Å². The molecule has 8 nitrogen and oxygen atoms in total. The van der Waals surface area contributed by atoms with Gasteiger partial charge in [0.25, 0.3) is 0 Å². The molecule has 0 radical (unpaired) electrons. The molecule has 0 aromatic rings. The molecule has 0 spiro atoms. The van der Waals surface area contributed by atoms with E-state index in [2.05, 4.69) is 37.2 Å². The van der Waals surface area contributed by atoms with Gasteiger partial charge in [0.15, 0.2) is 0 Å². The second kappa shape index (κ2) is 21.7. The van der Waals surface area contributed by atoms with Crippen LogP contribution in [0.5, 0.6) is 0 Å². The van der Waals surface area contributed by atoms with Crippen LogP contribution in [0.25, 0.3) is 0 Å². The third kappa shape index (κ3) is 21.7. The first-order valence-electron chi connectivity index (χ1n) is 9.00. The summed E-state index contributed by atoms with van der Waals surface area (Å²) in [7, 11) is 1.97. The SMILES string of the molecule is CNCCNCCNCCNCCNCCNCCNCCN. The van der Waals surface area contributed by atoms with E-state index in [0.29, 0.717) is 6.54 Å². The summed E-state index contributed by atoms with van der Waals surface area (Å²) in [6.07, 6.45) is 0. The molecule has 23 heavy (non-hydrogen) atoms. The Morgan fingerprint density at radius 2 is 0.696 bits per heavy atom. The summed E-state index contributed by atoms with van der Waals surface area (Å²) in [4.78, 5) is 0. The lowest BCUT2D eigenvalue weighted by Crippen LogP contribution is -2.38. The van der Waals surface area contributed by atoms with Gasteiger partial charge in [0.2, 0.25) is 0 Å². The highest BCUT2D eigenvalue weighted by atomic mass is 15.0. The third-order valence-electron chi connectivity index (χ3n) is 3.27. The first-order valence-corrected chi connectivity index (χ1v) is 9.00. The molecule has 0 saturated carbocycles. The molecule has 0 aliphatic carbocycles. The van der Waals surface area contributed by atoms with Gasteiger partial charge in [0.1, 0.15) is 0 Å². The number of nitrogens with one attached hydrogen (secondary N) is 7. The van der Waals surface area contributed by atoms with Crippen molar-refractivity contribution in [1.29, 1.82) is 0 Å². The molecule has 0 aromatic carbocycles. The van der Waals surface area contributed by atoms with E-state index in [1.165, 1.54) is 0 Å². The maximum absolute atomic E-state index is 5.40. The molecule has 0 aliphatic rings. The van der Waals surface area contributed by atoms with Crippen molar-refractivity contribution >= 4 is 0 Å². The standard InChI is InChI=1S/C15H40N8/c1-17-4-5-19-8-9-21-12-13-23-15-14-22-11-10-20-7-6-18-3-2-16/h17-23H,2-16H2,1H3. The summed E-state index contributed by atoms with van der Waals surface area (Å²) in [6, 6.07) is 0. The predicted molar refractivity (Wildman–Crippen MR) is 100 cm³/mol. The van der Waals surface area contributed by atoms with Crippen LogP contribution in [-0.2, 0) is 0 Å². The van der Waals surface area contributed by atoms with Gasteiger partial charge in [-0.1, -0.05) is 0 Å². The van der Waals surface area contributed by atoms with Crippen molar-refractivity contribution in [2.45, 2.75) is 0 Å². The van der Waals surface area contributed by atoms with Crippen LogP contribution in [0.1, 0.15) is 0 Å². The molecular weight excluding hydrogens is 292 g/mol. The van der Waals surface area contributed by atoms with E-state index in [9.17, 15) is 0 Å². The van der Waals surface area contributed by atoms with E-state index in [0.717, 1.165) is 85.1 Å². The lowest BCUT2D eigenvalue weighted by Gasteiger charge is -2.09. The molecule has 0 amide bonds. The predicted octanol–water partition coefficient (Wildman–Crippen LogP) is -3.30. The summed E-state index contributed by atoms with van der Waals surface area (Å²) in [5.74, 6) is 0. The van der Waals surface area contributed by atoms with E-state index in [4.69, 9.17) is 5.73 Å². The third-order valence-corrected chi connectivity index (χ3v) is 3.27. The maximum atomic E-state index is 5.40. The molecule has 9 N–H and O–H groups in total. The average Bonchev–Trinajstić information content (AvgIpc) is 2.57. The summed E-state index contributed by atoms with van der Waals surface area (Å²) in [6.45, 7) is 13.8. The minimum atomic E-state index is 0.706. The van der Waals surface area contributed by atoms with Crippen molar-refractivity contribution in [1.82, 2.24) is 37.2 Å². The Labute approximate surface area is 142 Å². The van der Waals surface area contributed by atoms with Crippen molar-refractivity contribution in [3.8, 4) is 0 Å². The summed E-state index contributed by atoms with van der Waals surface area (Å²) >= 11 is 0. The van der Waals surface area contributed by atoms with Gasteiger partial charge in [-0.2, -0.15) is 0 Å². The van der Waals surface area contributed by atoms with E-state index < -0.39 is 0 Å². The summed E-state index contributed by atoms with van der Waals surface area (Å²) in [5, 5.41) is 23.4. The number of hydrogen-bond donors (Lipinski definition) is 8. The van der Waals surface area contributed by atoms with E-state index in [-0.39, 0.29) is 0 Å². The van der Waals surface area contributed by atoms with Crippen molar-refractivity contribution in [3.63, 3.8) is 0 Å². The molecule has 0 unspecified atom stereocenters. The molecule has 0 atom stereocenters. The van der Waals surface area contributed by atoms with Gasteiger partial charge >= 0.3 is 0 Å². The van der Waals surface area contributed by atoms with Gasteiger partial charge in [-0.05, 0) is 7.05 Å². The summed E-state index contributed by atoms with van der Waals surface area (Å²) < 4.78 is 0. The monoisotopic (exact) mass is 332 g/mol. The Kier molecular flexibility index (Phi) is 21.4. The molecule has 8 heteroatoms. The minimum Gasteiger partial charge on any atom is -0.329 e. The van der Waals surface area contributed by atoms with Crippen molar-refractivity contribution in [2.24, 2.45) is 5.73 Å². The lowest BCUT2D eigenvalue weighted by atomic mass is 10.5. The van der Waals surface area contributed by atoms with Gasteiger partial charge in [0, 0.05) is 91.6 Å². The molecule has 0 aliphatic heterocycles. The van der Waals surface area contributed by atoms with Gasteiger partial charge in [-0.3, -0.25) is 0 Å². The highest BCUT2D eigenvalue weighted by molar-refractivity contribution is 4.58. The van der Waals surface area contributed by atoms with Crippen LogP contribution in [0.3, 0.4) is 0 Å². The topological polar surface area (TPSA) is 110 Å². The van der Waals surface area contributed by atoms with Crippen molar-refractivity contribution in [2.75, 3.05) is 98.7 Å². The number of nitrogens with two attached hydrogens (primary N) is 1. The molecule has 0 rings (SSSR count). The minimum absolute atomic E-state index is 0.706. The van der Waals surface area contributed by atoms with E-state index >= 15 is 0 Å². The Morgan fingerprint density at radius 1 is 0.435 bits per heavy atom. The molecule has 0 saturated heterocycles. The first-order chi connectivity index (χ1) is 11.4. The quantitative estimate of drug-likeness (QED) is 0.110. The molecule has 140 valence electrons. The second-order valence-corrected chi connectivity index (χ2v) is 5.39. The van der Waals surface area contributed by atoms with Crippen LogP contribution in [-0.4, -0.2) is 98.7 Å². The molecule has 0 bridgehead atoms. The zero-order chi connectivity index (χ0) is 16.8. The highest BCUT2D eigenvalue weighted by Crippen LogP contribution is 1.64. The van der Waals surface area contributed by atoms with Crippen LogP contribution in [0, 0.1) is 0 Å². The fourth-order valence-corrected chi connectivity index (χ4v) is 1.95. The van der Waals surface area contributed by atoms with Crippen molar-refractivity contribution in [3.05, 3.63) is 0 Å². The fraction of sp³-hybridized carbons (Fsp3) is 1.00. The van der Waals surface area contributed by atoms with Gasteiger partial charge in [0.05, 0.1) is 0 Å². The van der Waals surface area contributed by atoms with Crippen LogP contribution >= 0.6 is 0 Å². The smallest absolute Gasteiger partial charge is 0.00772 e. The Morgan fingerprint density at radius 3 is 0.957 bits per heavy atom. The highest BCUT2D eigenvalue weighted by Gasteiger charge is 1.91. The largest absolute Gasteiger partial charge is 0.329 e. The zero-order valence-corrected chi connectivity index (χ0v) is 15.0. The number of rotatable bonds is 20. The Bertz CT molecular complexity index is 186. The van der Waals surface area contributed by atoms with Crippen LogP contribution in [0.15, 0.2) is 0 Å².